The highest BCUT2D eigenvalue weighted by Gasteiger charge is 2.30. The Kier molecular flexibility index (Phi) is 14.6. The lowest BCUT2D eigenvalue weighted by Gasteiger charge is -2.26. The molecule has 0 aromatic heterocycles. The molecule has 228 valence electrons. The molecule has 4 unspecified atom stereocenters. The van der Waals surface area contributed by atoms with E-state index in [0.717, 1.165) is 0 Å². The fraction of sp³-hybridized carbons (Fsp3) is 0.538. The Balaban J connectivity index is 3.03. The summed E-state index contributed by atoms with van der Waals surface area (Å²) in [7, 11) is 0. The number of aromatic hydroxyl groups is 1. The van der Waals surface area contributed by atoms with Crippen LogP contribution in [0.15, 0.2) is 29.3 Å². The quantitative estimate of drug-likeness (QED) is 0.0533. The molecule has 4 amide bonds. The minimum atomic E-state index is -1.42. The SMILES string of the molecule is CC(C)CC(NC(=O)C(N)Cc1ccc(O)cc1)C(=O)NC(CCCN=C(N)N)C(=O)NC(CCC(N)=O)C(=O)O. The van der Waals surface area contributed by atoms with Gasteiger partial charge in [0.25, 0.3) is 0 Å². The number of amides is 4. The van der Waals surface area contributed by atoms with Gasteiger partial charge >= 0.3 is 5.97 Å². The molecule has 0 bridgehead atoms. The molecule has 0 radical (unpaired) electrons. The topological polar surface area (TPSA) is 278 Å². The van der Waals surface area contributed by atoms with Gasteiger partial charge < -0.3 is 49.1 Å². The predicted molar refractivity (Wildman–Crippen MR) is 151 cm³/mol. The molecule has 1 aromatic carbocycles. The van der Waals surface area contributed by atoms with Gasteiger partial charge in [0, 0.05) is 13.0 Å². The summed E-state index contributed by atoms with van der Waals surface area (Å²) >= 11 is 0. The number of rotatable bonds is 18. The van der Waals surface area contributed by atoms with Crippen LogP contribution in [0.4, 0.5) is 0 Å². The lowest BCUT2D eigenvalue weighted by molar-refractivity contribution is -0.142. The van der Waals surface area contributed by atoms with Crippen LogP contribution in [-0.2, 0) is 30.4 Å². The molecule has 0 saturated carbocycles. The highest BCUT2D eigenvalue weighted by atomic mass is 16.4. The van der Waals surface area contributed by atoms with E-state index < -0.39 is 53.8 Å². The number of hydrogen-bond donors (Lipinski definition) is 9. The molecule has 0 spiro atoms. The van der Waals surface area contributed by atoms with Gasteiger partial charge in [-0.3, -0.25) is 24.2 Å². The van der Waals surface area contributed by atoms with Gasteiger partial charge in [-0.25, -0.2) is 4.79 Å². The van der Waals surface area contributed by atoms with E-state index in [1.165, 1.54) is 12.1 Å². The number of primary amides is 1. The third-order valence-corrected chi connectivity index (χ3v) is 5.94. The van der Waals surface area contributed by atoms with E-state index in [-0.39, 0.29) is 62.7 Å². The monoisotopic (exact) mass is 578 g/mol. The van der Waals surface area contributed by atoms with Crippen molar-refractivity contribution in [2.24, 2.45) is 33.8 Å². The predicted octanol–water partition coefficient (Wildman–Crippen LogP) is -1.83. The van der Waals surface area contributed by atoms with Crippen LogP contribution in [0.2, 0.25) is 0 Å². The number of carbonyl (C=O) groups excluding carboxylic acids is 4. The molecule has 4 atom stereocenters. The van der Waals surface area contributed by atoms with Crippen LogP contribution in [0, 0.1) is 5.92 Å². The second-order valence-corrected chi connectivity index (χ2v) is 10.1. The zero-order chi connectivity index (χ0) is 31.1. The van der Waals surface area contributed by atoms with Crippen molar-refractivity contribution in [3.05, 3.63) is 29.8 Å². The third-order valence-electron chi connectivity index (χ3n) is 5.94. The Morgan fingerprint density at radius 2 is 1.41 bits per heavy atom. The molecule has 13 N–H and O–H groups in total. The number of phenolic OH excluding ortho intramolecular Hbond substituents is 1. The molecular weight excluding hydrogens is 536 g/mol. The van der Waals surface area contributed by atoms with E-state index in [0.29, 0.717) is 5.56 Å². The van der Waals surface area contributed by atoms with Gasteiger partial charge in [-0.1, -0.05) is 26.0 Å². The van der Waals surface area contributed by atoms with Crippen LogP contribution in [0.1, 0.15) is 51.5 Å². The Morgan fingerprint density at radius 1 is 0.854 bits per heavy atom. The maximum Gasteiger partial charge on any atom is 0.326 e. The van der Waals surface area contributed by atoms with Gasteiger partial charge in [-0.2, -0.15) is 0 Å². The fourth-order valence-corrected chi connectivity index (χ4v) is 3.82. The number of carboxylic acids is 1. The van der Waals surface area contributed by atoms with Gasteiger partial charge in [0.2, 0.25) is 23.6 Å². The van der Waals surface area contributed by atoms with E-state index >= 15 is 0 Å². The van der Waals surface area contributed by atoms with Crippen molar-refractivity contribution in [1.82, 2.24) is 16.0 Å². The zero-order valence-corrected chi connectivity index (χ0v) is 23.3. The maximum atomic E-state index is 13.3. The standard InChI is InChI=1S/C26H42N8O7/c1-14(2)12-20(34-22(37)17(27)13-15-5-7-16(35)8-6-15)24(39)32-18(4-3-11-31-26(29)30)23(38)33-19(25(40)41)9-10-21(28)36/h5-8,14,17-20,35H,3-4,9-13,27H2,1-2H3,(H2,28,36)(H,32,39)(H,33,38)(H,34,37)(H,40,41)(H4,29,30,31). The molecule has 0 fully saturated rings. The third kappa shape index (κ3) is 14.0. The van der Waals surface area contributed by atoms with Crippen LogP contribution in [0.5, 0.6) is 5.75 Å². The molecule has 0 aliphatic heterocycles. The van der Waals surface area contributed by atoms with Gasteiger partial charge in [-0.15, -0.1) is 0 Å². The number of aliphatic carboxylic acids is 1. The molecule has 0 aliphatic carbocycles. The number of aliphatic imine (C=N–C) groups is 1. The van der Waals surface area contributed by atoms with E-state index in [1.807, 2.05) is 13.8 Å². The number of carbonyl (C=O) groups is 5. The summed E-state index contributed by atoms with van der Waals surface area (Å²) in [4.78, 5) is 65.8. The Hall–Kier alpha value is -4.40. The number of nitrogens with zero attached hydrogens (tertiary/aromatic N) is 1. The first-order chi connectivity index (χ1) is 19.2. The van der Waals surface area contributed by atoms with Crippen LogP contribution >= 0.6 is 0 Å². The number of guanidine groups is 1. The Bertz CT molecular complexity index is 1070. The number of benzene rings is 1. The van der Waals surface area contributed by atoms with E-state index in [9.17, 15) is 34.2 Å². The van der Waals surface area contributed by atoms with Crippen molar-refractivity contribution in [3.8, 4) is 5.75 Å². The average Bonchev–Trinajstić information content (AvgIpc) is 2.88. The molecule has 0 aliphatic rings. The highest BCUT2D eigenvalue weighted by Crippen LogP contribution is 2.12. The Morgan fingerprint density at radius 3 is 1.95 bits per heavy atom. The van der Waals surface area contributed by atoms with Crippen LogP contribution in [0.25, 0.3) is 0 Å². The minimum absolute atomic E-state index is 0.0290. The van der Waals surface area contributed by atoms with E-state index in [2.05, 4.69) is 20.9 Å². The number of nitrogens with one attached hydrogen (secondary N) is 3. The lowest BCUT2D eigenvalue weighted by Crippen LogP contribution is -2.57. The summed E-state index contributed by atoms with van der Waals surface area (Å²) in [5.74, 6) is -4.30. The van der Waals surface area contributed by atoms with Gasteiger partial charge in [0.1, 0.15) is 23.9 Å². The van der Waals surface area contributed by atoms with Crippen molar-refractivity contribution in [1.29, 1.82) is 0 Å². The van der Waals surface area contributed by atoms with Gasteiger partial charge in [0.05, 0.1) is 6.04 Å². The van der Waals surface area contributed by atoms with Crippen molar-refractivity contribution in [2.45, 2.75) is 76.5 Å². The molecule has 1 aromatic rings. The van der Waals surface area contributed by atoms with Crippen molar-refractivity contribution < 1.29 is 34.2 Å². The summed E-state index contributed by atoms with van der Waals surface area (Å²) in [6, 6.07) is 1.52. The largest absolute Gasteiger partial charge is 0.508 e. The van der Waals surface area contributed by atoms with Gasteiger partial charge in [-0.05, 0) is 55.7 Å². The fourth-order valence-electron chi connectivity index (χ4n) is 3.82. The Labute approximate surface area is 238 Å². The minimum Gasteiger partial charge on any atom is -0.508 e. The summed E-state index contributed by atoms with van der Waals surface area (Å²) in [5.41, 5.74) is 22.5. The first kappa shape index (κ1) is 34.6. The van der Waals surface area contributed by atoms with Gasteiger partial charge in [0.15, 0.2) is 5.96 Å². The van der Waals surface area contributed by atoms with Crippen molar-refractivity contribution in [3.63, 3.8) is 0 Å². The summed E-state index contributed by atoms with van der Waals surface area (Å²) in [6.07, 6.45) is 0.164. The summed E-state index contributed by atoms with van der Waals surface area (Å²) < 4.78 is 0. The molecule has 0 heterocycles. The molecular formula is C26H42N8O7. The van der Waals surface area contributed by atoms with Crippen molar-refractivity contribution >= 4 is 35.6 Å². The number of carboxylic acid groups (broad SMARTS) is 1. The molecule has 1 rings (SSSR count). The first-order valence-electron chi connectivity index (χ1n) is 13.2. The number of hydrogen-bond acceptors (Lipinski definition) is 8. The smallest absolute Gasteiger partial charge is 0.326 e. The lowest BCUT2D eigenvalue weighted by atomic mass is 10.0. The van der Waals surface area contributed by atoms with Crippen LogP contribution in [0.3, 0.4) is 0 Å². The van der Waals surface area contributed by atoms with E-state index in [1.54, 1.807) is 12.1 Å². The average molecular weight is 579 g/mol. The second-order valence-electron chi connectivity index (χ2n) is 10.1. The molecule has 15 heteroatoms. The normalized spacial score (nSPS) is 13.8. The first-order valence-corrected chi connectivity index (χ1v) is 13.2. The van der Waals surface area contributed by atoms with E-state index in [4.69, 9.17) is 22.9 Å². The second kappa shape index (κ2) is 17.3. The maximum absolute atomic E-state index is 13.3. The number of nitrogens with two attached hydrogens (primary N) is 4. The van der Waals surface area contributed by atoms with Crippen molar-refractivity contribution in [2.75, 3.05) is 6.54 Å². The summed E-state index contributed by atoms with van der Waals surface area (Å²) in [5, 5.41) is 26.5. The molecule has 0 saturated heterocycles. The number of phenols is 1. The molecule has 15 nitrogen and oxygen atoms in total. The molecule has 41 heavy (non-hydrogen) atoms. The van der Waals surface area contributed by atoms with Crippen LogP contribution in [-0.4, -0.2) is 76.5 Å². The van der Waals surface area contributed by atoms with Crippen LogP contribution < -0.4 is 38.9 Å². The zero-order valence-electron chi connectivity index (χ0n) is 23.3. The summed E-state index contributed by atoms with van der Waals surface area (Å²) in [6.45, 7) is 3.83. The highest BCUT2D eigenvalue weighted by molar-refractivity contribution is 5.94.